The Kier molecular flexibility index (Phi) is 10.4. The zero-order valence-electron chi connectivity index (χ0n) is 15.3. The maximum atomic E-state index is 5.38. The van der Waals surface area contributed by atoms with Gasteiger partial charge in [0.25, 0.3) is 0 Å². The molecule has 0 bridgehead atoms. The van der Waals surface area contributed by atoms with Crippen molar-refractivity contribution in [2.24, 2.45) is 10.9 Å². The number of likely N-dealkylation sites (tertiary alicyclic amines) is 1. The van der Waals surface area contributed by atoms with Crippen molar-refractivity contribution in [2.75, 3.05) is 45.8 Å². The lowest BCUT2D eigenvalue weighted by molar-refractivity contribution is 0.255. The molecule has 1 aromatic heterocycles. The molecule has 5 nitrogen and oxygen atoms in total. The van der Waals surface area contributed by atoms with Crippen LogP contribution in [-0.2, 0) is 6.42 Å². The minimum Gasteiger partial charge on any atom is -0.469 e. The Labute approximate surface area is 163 Å². The third-order valence-electron chi connectivity index (χ3n) is 4.53. The van der Waals surface area contributed by atoms with Crippen molar-refractivity contribution in [1.29, 1.82) is 0 Å². The van der Waals surface area contributed by atoms with Crippen LogP contribution in [0.3, 0.4) is 0 Å². The highest BCUT2D eigenvalue weighted by Crippen LogP contribution is 2.17. The second-order valence-electron chi connectivity index (χ2n) is 6.15. The fourth-order valence-corrected chi connectivity index (χ4v) is 3.17. The van der Waals surface area contributed by atoms with Crippen LogP contribution in [0.5, 0.6) is 0 Å². The highest BCUT2D eigenvalue weighted by molar-refractivity contribution is 14.0. The molecule has 0 aliphatic carbocycles. The van der Waals surface area contributed by atoms with Gasteiger partial charge in [-0.3, -0.25) is 4.99 Å². The molecule has 1 atom stereocenters. The minimum absolute atomic E-state index is 0. The van der Waals surface area contributed by atoms with Crippen LogP contribution in [0.4, 0.5) is 0 Å². The molecule has 1 N–H and O–H groups in total. The van der Waals surface area contributed by atoms with Crippen molar-refractivity contribution < 1.29 is 4.42 Å². The molecular weight excluding hydrogens is 415 g/mol. The van der Waals surface area contributed by atoms with Crippen LogP contribution in [0.2, 0.25) is 0 Å². The summed E-state index contributed by atoms with van der Waals surface area (Å²) in [6, 6.07) is 3.95. The Morgan fingerprint density at radius 2 is 2.17 bits per heavy atom. The van der Waals surface area contributed by atoms with E-state index in [1.807, 2.05) is 12.1 Å². The van der Waals surface area contributed by atoms with Gasteiger partial charge in [0, 0.05) is 39.1 Å². The second kappa shape index (κ2) is 11.7. The van der Waals surface area contributed by atoms with Gasteiger partial charge in [-0.1, -0.05) is 13.8 Å². The quantitative estimate of drug-likeness (QED) is 0.377. The molecule has 2 rings (SSSR count). The van der Waals surface area contributed by atoms with E-state index in [1.54, 1.807) is 6.26 Å². The third-order valence-corrected chi connectivity index (χ3v) is 4.53. The van der Waals surface area contributed by atoms with Crippen LogP contribution in [0.1, 0.15) is 33.0 Å². The number of hydrogen-bond donors (Lipinski definition) is 1. The Morgan fingerprint density at radius 3 is 2.79 bits per heavy atom. The Hall–Kier alpha value is -0.760. The maximum Gasteiger partial charge on any atom is 0.193 e. The fraction of sp³-hybridized carbons (Fsp3) is 0.722. The number of nitrogens with one attached hydrogen (secondary N) is 1. The van der Waals surface area contributed by atoms with Gasteiger partial charge >= 0.3 is 0 Å². The summed E-state index contributed by atoms with van der Waals surface area (Å²) in [5.41, 5.74) is 0. The maximum absolute atomic E-state index is 5.38. The van der Waals surface area contributed by atoms with E-state index in [9.17, 15) is 0 Å². The fourth-order valence-electron chi connectivity index (χ4n) is 3.17. The van der Waals surface area contributed by atoms with Crippen LogP contribution >= 0.6 is 24.0 Å². The van der Waals surface area contributed by atoms with Crippen molar-refractivity contribution >= 4 is 29.9 Å². The van der Waals surface area contributed by atoms with Gasteiger partial charge in [0.2, 0.25) is 0 Å². The summed E-state index contributed by atoms with van der Waals surface area (Å²) in [7, 11) is 0. The standard InChI is InChI=1S/C18H32N4O.HI/c1-4-19-18(20-11-9-17-8-7-13-23-17)22-12-10-16(15-22)14-21(5-2)6-3;/h7-8,13,16H,4-6,9-12,14-15H2,1-3H3,(H,19,20);1H. The van der Waals surface area contributed by atoms with Crippen LogP contribution in [0.15, 0.2) is 27.8 Å². The normalized spacial score (nSPS) is 18.1. The monoisotopic (exact) mass is 448 g/mol. The first-order valence-electron chi connectivity index (χ1n) is 9.04. The summed E-state index contributed by atoms with van der Waals surface area (Å²) in [6.45, 7) is 14.0. The number of guanidine groups is 1. The van der Waals surface area contributed by atoms with Crippen LogP contribution in [0, 0.1) is 5.92 Å². The lowest BCUT2D eigenvalue weighted by Crippen LogP contribution is -2.41. The molecule has 6 heteroatoms. The number of nitrogens with zero attached hydrogens (tertiary/aromatic N) is 3. The number of furan rings is 1. The van der Waals surface area contributed by atoms with Gasteiger partial charge in [-0.15, -0.1) is 24.0 Å². The molecule has 1 aromatic rings. The summed E-state index contributed by atoms with van der Waals surface area (Å²) in [4.78, 5) is 9.72. The first kappa shape index (κ1) is 21.3. The molecule has 24 heavy (non-hydrogen) atoms. The van der Waals surface area contributed by atoms with Crippen LogP contribution < -0.4 is 5.32 Å². The molecule has 1 aliphatic heterocycles. The zero-order valence-corrected chi connectivity index (χ0v) is 17.7. The third kappa shape index (κ3) is 6.63. The molecule has 138 valence electrons. The van der Waals surface area contributed by atoms with E-state index in [-0.39, 0.29) is 24.0 Å². The summed E-state index contributed by atoms with van der Waals surface area (Å²) >= 11 is 0. The van der Waals surface area contributed by atoms with Gasteiger partial charge in [0.05, 0.1) is 6.26 Å². The number of halogens is 1. The largest absolute Gasteiger partial charge is 0.469 e. The molecule has 0 radical (unpaired) electrons. The molecular formula is C18H33IN4O. The van der Waals surface area contributed by atoms with E-state index < -0.39 is 0 Å². The number of hydrogen-bond acceptors (Lipinski definition) is 3. The topological polar surface area (TPSA) is 44.0 Å². The molecule has 0 saturated carbocycles. The molecule has 1 saturated heterocycles. The number of rotatable bonds is 8. The Balaban J connectivity index is 0.00000288. The molecule has 1 fully saturated rings. The molecule has 1 aliphatic rings. The van der Waals surface area contributed by atoms with Gasteiger partial charge in [-0.2, -0.15) is 0 Å². The molecule has 0 amide bonds. The van der Waals surface area contributed by atoms with Crippen molar-refractivity contribution in [1.82, 2.24) is 15.1 Å². The van der Waals surface area contributed by atoms with E-state index >= 15 is 0 Å². The zero-order chi connectivity index (χ0) is 16.5. The lowest BCUT2D eigenvalue weighted by Gasteiger charge is -2.24. The highest BCUT2D eigenvalue weighted by atomic mass is 127. The minimum atomic E-state index is 0. The SMILES string of the molecule is CCNC(=NCCc1ccco1)N1CCC(CN(CC)CC)C1.I. The van der Waals surface area contributed by atoms with E-state index in [2.05, 4.69) is 35.9 Å². The summed E-state index contributed by atoms with van der Waals surface area (Å²) in [6.07, 6.45) is 3.85. The van der Waals surface area contributed by atoms with E-state index in [0.29, 0.717) is 0 Å². The van der Waals surface area contributed by atoms with Gasteiger partial charge in [-0.05, 0) is 44.5 Å². The first-order chi connectivity index (χ1) is 11.3. The first-order valence-corrected chi connectivity index (χ1v) is 9.04. The van der Waals surface area contributed by atoms with Crippen molar-refractivity contribution in [2.45, 2.75) is 33.6 Å². The molecule has 1 unspecified atom stereocenters. The molecule has 0 aromatic carbocycles. The van der Waals surface area contributed by atoms with Crippen LogP contribution in [0.25, 0.3) is 0 Å². The predicted molar refractivity (Wildman–Crippen MR) is 111 cm³/mol. The Morgan fingerprint density at radius 1 is 1.38 bits per heavy atom. The average molecular weight is 448 g/mol. The van der Waals surface area contributed by atoms with Crippen molar-refractivity contribution in [3.63, 3.8) is 0 Å². The lowest BCUT2D eigenvalue weighted by atomic mass is 10.1. The average Bonchev–Trinajstić information content (AvgIpc) is 3.23. The predicted octanol–water partition coefficient (Wildman–Crippen LogP) is 3.07. The van der Waals surface area contributed by atoms with Crippen LogP contribution in [-0.4, -0.2) is 61.6 Å². The summed E-state index contributed by atoms with van der Waals surface area (Å²) in [5.74, 6) is 2.82. The summed E-state index contributed by atoms with van der Waals surface area (Å²) in [5, 5.41) is 3.44. The van der Waals surface area contributed by atoms with E-state index in [4.69, 9.17) is 9.41 Å². The Bertz CT molecular complexity index is 460. The molecule has 2 heterocycles. The van der Waals surface area contributed by atoms with E-state index in [1.165, 1.54) is 13.0 Å². The smallest absolute Gasteiger partial charge is 0.193 e. The highest BCUT2D eigenvalue weighted by Gasteiger charge is 2.25. The summed E-state index contributed by atoms with van der Waals surface area (Å²) < 4.78 is 5.38. The van der Waals surface area contributed by atoms with Crippen molar-refractivity contribution in [3.8, 4) is 0 Å². The van der Waals surface area contributed by atoms with Gasteiger partial charge in [0.1, 0.15) is 5.76 Å². The van der Waals surface area contributed by atoms with Crippen molar-refractivity contribution in [3.05, 3.63) is 24.2 Å². The second-order valence-corrected chi connectivity index (χ2v) is 6.15. The van der Waals surface area contributed by atoms with E-state index in [0.717, 1.165) is 63.3 Å². The van der Waals surface area contributed by atoms with Gasteiger partial charge in [-0.25, -0.2) is 0 Å². The van der Waals surface area contributed by atoms with Gasteiger partial charge in [0.15, 0.2) is 5.96 Å². The molecule has 0 spiro atoms. The van der Waals surface area contributed by atoms with Gasteiger partial charge < -0.3 is 19.5 Å². The number of aliphatic imine (C=N–C) groups is 1.